The third kappa shape index (κ3) is 4.56. The first kappa shape index (κ1) is 25.2. The molecule has 6 aromatic rings. The van der Waals surface area contributed by atoms with E-state index in [1.807, 2.05) is 86.4 Å². The van der Waals surface area contributed by atoms with Crippen LogP contribution in [0.1, 0.15) is 30.8 Å². The maximum atomic E-state index is 13.0. The van der Waals surface area contributed by atoms with E-state index in [4.69, 9.17) is 10.1 Å². The molecule has 0 saturated carbocycles. The van der Waals surface area contributed by atoms with Crippen molar-refractivity contribution in [1.29, 1.82) is 0 Å². The van der Waals surface area contributed by atoms with Crippen molar-refractivity contribution in [3.05, 3.63) is 120 Å². The van der Waals surface area contributed by atoms with E-state index in [1.54, 1.807) is 24.3 Å². The van der Waals surface area contributed by atoms with E-state index in [-0.39, 0.29) is 11.7 Å². The average Bonchev–Trinajstić information content (AvgIpc) is 3.33. The molecule has 198 valence electrons. The lowest BCUT2D eigenvalue weighted by atomic mass is 9.83. The highest BCUT2D eigenvalue weighted by Crippen LogP contribution is 2.27. The Kier molecular flexibility index (Phi) is 6.27. The van der Waals surface area contributed by atoms with Gasteiger partial charge in [-0.3, -0.25) is 9.78 Å². The number of carbonyl (C=O) groups excluding carboxylic acids is 1. The van der Waals surface area contributed by atoms with Gasteiger partial charge in [0.25, 0.3) is 11.5 Å². The van der Waals surface area contributed by atoms with E-state index < -0.39 is 5.41 Å². The molecule has 7 nitrogen and oxygen atoms in total. The molecule has 6 rings (SSSR count). The van der Waals surface area contributed by atoms with Crippen LogP contribution in [0.25, 0.3) is 33.4 Å². The van der Waals surface area contributed by atoms with Gasteiger partial charge in [0.1, 0.15) is 11.4 Å². The van der Waals surface area contributed by atoms with Crippen LogP contribution >= 0.6 is 0 Å². The van der Waals surface area contributed by atoms with Crippen LogP contribution in [0.2, 0.25) is 0 Å². The molecule has 0 spiro atoms. The predicted octanol–water partition coefficient (Wildman–Crippen LogP) is 5.43. The van der Waals surface area contributed by atoms with Crippen LogP contribution in [0, 0.1) is 6.92 Å². The fourth-order valence-electron chi connectivity index (χ4n) is 4.99. The highest BCUT2D eigenvalue weighted by Gasteiger charge is 2.29. The smallest absolute Gasteiger partial charge is 0.280 e. The largest absolute Gasteiger partial charge is 0.508 e. The summed E-state index contributed by atoms with van der Waals surface area (Å²) in [6.07, 6.45) is 3.92. The molecule has 0 unspecified atom stereocenters. The van der Waals surface area contributed by atoms with Gasteiger partial charge in [-0.1, -0.05) is 59.3 Å². The highest BCUT2D eigenvalue weighted by molar-refractivity contribution is 5.92. The van der Waals surface area contributed by atoms with Crippen LogP contribution < -0.4 is 9.72 Å². The number of carbonyl (C=O) groups is 1. The zero-order chi connectivity index (χ0) is 27.9. The van der Waals surface area contributed by atoms with Crippen LogP contribution in [0.15, 0.2) is 103 Å². The van der Waals surface area contributed by atoms with Crippen LogP contribution in [-0.4, -0.2) is 25.8 Å². The SMILES string of the molecule is Cc1nn(-c2ccc(CNC(=O)C(C)(C)c3ccc(O)cc3)cc2)c2c3cc(-c4ccccc4)cnc3cc[n+]12. The molecule has 0 fully saturated rings. The Morgan fingerprint density at radius 1 is 0.950 bits per heavy atom. The Morgan fingerprint density at radius 3 is 2.40 bits per heavy atom. The number of benzene rings is 3. The number of aromatic hydroxyl groups is 1. The molecule has 0 radical (unpaired) electrons. The summed E-state index contributed by atoms with van der Waals surface area (Å²) in [5, 5.41) is 18.5. The molecule has 3 aromatic heterocycles. The summed E-state index contributed by atoms with van der Waals surface area (Å²) in [7, 11) is 0. The van der Waals surface area contributed by atoms with Gasteiger partial charge in [-0.05, 0) is 66.9 Å². The van der Waals surface area contributed by atoms with Gasteiger partial charge >= 0.3 is 0 Å². The number of pyridine rings is 2. The Bertz CT molecular complexity index is 1840. The Hall–Kier alpha value is -5.04. The molecule has 2 N–H and O–H groups in total. The van der Waals surface area contributed by atoms with Crippen LogP contribution in [0.3, 0.4) is 0 Å². The van der Waals surface area contributed by atoms with Crippen LogP contribution in [0.4, 0.5) is 0 Å². The normalized spacial score (nSPS) is 11.7. The maximum absolute atomic E-state index is 13.0. The van der Waals surface area contributed by atoms with Gasteiger partial charge in [-0.2, -0.15) is 0 Å². The first-order valence-electron chi connectivity index (χ1n) is 13.2. The minimum absolute atomic E-state index is 0.0828. The average molecular weight is 529 g/mol. The lowest BCUT2D eigenvalue weighted by molar-refractivity contribution is -0.519. The first-order chi connectivity index (χ1) is 19.3. The molecular formula is C33H30N5O2+. The van der Waals surface area contributed by atoms with E-state index in [2.05, 4.69) is 27.9 Å². The van der Waals surface area contributed by atoms with Gasteiger partial charge < -0.3 is 10.4 Å². The molecule has 3 heterocycles. The molecular weight excluding hydrogens is 498 g/mol. The van der Waals surface area contributed by atoms with Crippen molar-refractivity contribution in [2.45, 2.75) is 32.7 Å². The van der Waals surface area contributed by atoms with Gasteiger partial charge in [-0.25, -0.2) is 4.40 Å². The summed E-state index contributed by atoms with van der Waals surface area (Å²) >= 11 is 0. The van der Waals surface area contributed by atoms with Crippen molar-refractivity contribution >= 4 is 22.5 Å². The fraction of sp³-hybridized carbons (Fsp3) is 0.152. The standard InChI is InChI=1S/C33H29N5O2/c1-22-36-38(31-29-19-25(24-7-5-4-6-8-24)21-34-30(29)17-18-37(22)31)27-13-9-23(10-14-27)20-35-32(40)33(2,3)26-11-15-28(39)16-12-26/h4-19,21H,20H2,1-3H3,(H-,35,39,40)/p+1. The number of amides is 1. The Balaban J connectivity index is 1.29. The number of fused-ring (bicyclic) bond motifs is 3. The van der Waals surface area contributed by atoms with E-state index in [0.29, 0.717) is 6.54 Å². The number of phenols is 1. The second kappa shape index (κ2) is 9.93. The van der Waals surface area contributed by atoms with Crippen molar-refractivity contribution in [3.8, 4) is 22.6 Å². The molecule has 0 bridgehead atoms. The van der Waals surface area contributed by atoms with Crippen LogP contribution in [-0.2, 0) is 16.8 Å². The van der Waals surface area contributed by atoms with Crippen molar-refractivity contribution in [2.24, 2.45) is 0 Å². The maximum Gasteiger partial charge on any atom is 0.280 e. The number of nitrogens with one attached hydrogen (secondary N) is 1. The topological polar surface area (TPSA) is 84.1 Å². The predicted molar refractivity (Wildman–Crippen MR) is 155 cm³/mol. The molecule has 0 aliphatic heterocycles. The summed E-state index contributed by atoms with van der Waals surface area (Å²) in [6.45, 7) is 6.15. The summed E-state index contributed by atoms with van der Waals surface area (Å²) in [5.41, 5.74) is 6.01. The highest BCUT2D eigenvalue weighted by atomic mass is 16.3. The number of phenolic OH excluding ortho intramolecular Hbond substituents is 1. The minimum Gasteiger partial charge on any atom is -0.508 e. The first-order valence-corrected chi connectivity index (χ1v) is 13.2. The molecule has 1 amide bonds. The summed E-state index contributed by atoms with van der Waals surface area (Å²) in [6, 6.07) is 29.2. The zero-order valence-electron chi connectivity index (χ0n) is 22.7. The molecule has 3 aromatic carbocycles. The van der Waals surface area contributed by atoms with Crippen LogP contribution in [0.5, 0.6) is 5.75 Å². The second-order valence-corrected chi connectivity index (χ2v) is 10.5. The molecule has 40 heavy (non-hydrogen) atoms. The molecule has 7 heteroatoms. The van der Waals surface area contributed by atoms with Crippen molar-refractivity contribution < 1.29 is 14.3 Å². The summed E-state index contributed by atoms with van der Waals surface area (Å²) in [5.74, 6) is 0.967. The van der Waals surface area contributed by atoms with E-state index in [1.165, 1.54) is 0 Å². The van der Waals surface area contributed by atoms with Gasteiger partial charge in [-0.15, -0.1) is 0 Å². The fourth-order valence-corrected chi connectivity index (χ4v) is 4.99. The molecule has 0 saturated heterocycles. The third-order valence-electron chi connectivity index (χ3n) is 7.46. The van der Waals surface area contributed by atoms with Crippen molar-refractivity contribution in [2.75, 3.05) is 0 Å². The van der Waals surface area contributed by atoms with E-state index in [0.717, 1.165) is 50.3 Å². The van der Waals surface area contributed by atoms with E-state index in [9.17, 15) is 9.90 Å². The van der Waals surface area contributed by atoms with Crippen molar-refractivity contribution in [1.82, 2.24) is 20.1 Å². The quantitative estimate of drug-likeness (QED) is 0.282. The molecule has 0 atom stereocenters. The van der Waals surface area contributed by atoms with Crippen molar-refractivity contribution in [3.63, 3.8) is 0 Å². The zero-order valence-corrected chi connectivity index (χ0v) is 22.7. The Morgan fingerprint density at radius 2 is 1.68 bits per heavy atom. The van der Waals surface area contributed by atoms with Gasteiger partial charge in [0.2, 0.25) is 5.91 Å². The second-order valence-electron chi connectivity index (χ2n) is 10.5. The lowest BCUT2D eigenvalue weighted by Gasteiger charge is -2.24. The molecule has 0 aliphatic rings. The lowest BCUT2D eigenvalue weighted by Crippen LogP contribution is -2.39. The Labute approximate surface area is 232 Å². The number of rotatable bonds is 6. The number of hydrogen-bond donors (Lipinski definition) is 2. The van der Waals surface area contributed by atoms with E-state index >= 15 is 0 Å². The molecule has 0 aliphatic carbocycles. The monoisotopic (exact) mass is 528 g/mol. The summed E-state index contributed by atoms with van der Waals surface area (Å²) in [4.78, 5) is 17.8. The number of aryl methyl sites for hydroxylation is 1. The van der Waals surface area contributed by atoms with Gasteiger partial charge in [0.05, 0.1) is 22.5 Å². The van der Waals surface area contributed by atoms with Gasteiger partial charge in [0.15, 0.2) is 0 Å². The van der Waals surface area contributed by atoms with Gasteiger partial charge in [0, 0.05) is 30.3 Å². The number of nitrogens with zero attached hydrogens (tertiary/aromatic N) is 4. The number of aromatic nitrogens is 4. The third-order valence-corrected chi connectivity index (χ3v) is 7.46. The number of hydrogen-bond acceptors (Lipinski definition) is 4. The summed E-state index contributed by atoms with van der Waals surface area (Å²) < 4.78 is 4.03. The minimum atomic E-state index is -0.732.